The fourth-order valence-electron chi connectivity index (χ4n) is 4.37. The van der Waals surface area contributed by atoms with E-state index >= 15 is 0 Å². The number of carboxylic acid groups (broad SMARTS) is 1. The van der Waals surface area contributed by atoms with E-state index in [0.717, 1.165) is 18.4 Å². The third kappa shape index (κ3) is 5.63. The number of nitrogens with one attached hydrogen (secondary N) is 1. The first-order valence-corrected chi connectivity index (χ1v) is 11.1. The van der Waals surface area contributed by atoms with Crippen LogP contribution in [-0.2, 0) is 16.1 Å². The Morgan fingerprint density at radius 1 is 1.24 bits per heavy atom. The van der Waals surface area contributed by atoms with Gasteiger partial charge in [-0.15, -0.1) is 6.42 Å². The van der Waals surface area contributed by atoms with E-state index in [1.807, 2.05) is 37.3 Å². The number of urea groups is 1. The van der Waals surface area contributed by atoms with Crippen LogP contribution < -0.4 is 5.32 Å². The zero-order valence-corrected chi connectivity index (χ0v) is 18.8. The summed E-state index contributed by atoms with van der Waals surface area (Å²) >= 11 is 0. The van der Waals surface area contributed by atoms with Crippen LogP contribution in [0.2, 0.25) is 0 Å². The van der Waals surface area contributed by atoms with Crippen molar-refractivity contribution in [2.75, 3.05) is 26.2 Å². The molecule has 0 aromatic heterocycles. The molecule has 0 spiro atoms. The molecule has 0 radical (unpaired) electrons. The third-order valence-corrected chi connectivity index (χ3v) is 5.91. The lowest BCUT2D eigenvalue weighted by Gasteiger charge is -2.56. The lowest BCUT2D eigenvalue weighted by molar-refractivity contribution is -0.227. The molecule has 2 heterocycles. The fraction of sp³-hybridized carbons (Fsp3) is 0.522. The maximum atomic E-state index is 13.3. The number of carboxylic acids is 1. The number of aliphatic hydroxyl groups excluding tert-OH is 1. The number of carbonyl (C=O) groups excluding carboxylic acids is 2. The standard InChI is InChI=1S/C23H31N5O5/c1-3-5-12-25-15-19-27(18(22(25)32)13-21(30)31)20(29)16-26(11-4-2)28(19)23(33)24-14-17-9-7-6-8-10-17/h2,6-10,18-20,29H,3,5,11-16H2,1H3,(H,24,33)(H,30,31)/t18-,19-,20?/m0/s1. The largest absolute Gasteiger partial charge is 0.481 e. The van der Waals surface area contributed by atoms with E-state index in [9.17, 15) is 24.6 Å². The molecular weight excluding hydrogens is 426 g/mol. The van der Waals surface area contributed by atoms with Gasteiger partial charge in [-0.2, -0.15) is 5.01 Å². The molecule has 178 valence electrons. The van der Waals surface area contributed by atoms with Crippen LogP contribution >= 0.6 is 0 Å². The maximum Gasteiger partial charge on any atom is 0.333 e. The molecule has 2 aliphatic heterocycles. The number of aliphatic hydroxyl groups is 1. The number of amides is 3. The van der Waals surface area contributed by atoms with Crippen LogP contribution in [0.25, 0.3) is 0 Å². The van der Waals surface area contributed by atoms with Crippen LogP contribution in [0, 0.1) is 12.3 Å². The van der Waals surface area contributed by atoms with Gasteiger partial charge in [-0.1, -0.05) is 49.6 Å². The highest BCUT2D eigenvalue weighted by atomic mass is 16.4. The molecule has 0 saturated carbocycles. The van der Waals surface area contributed by atoms with Crippen LogP contribution in [-0.4, -0.2) is 92.6 Å². The average molecular weight is 458 g/mol. The minimum Gasteiger partial charge on any atom is -0.481 e. The zero-order valence-electron chi connectivity index (χ0n) is 18.8. The monoisotopic (exact) mass is 457 g/mol. The number of β-amino-alcohol motifs (C(OH)–C–C–N with tert-alkyl or cyclic N) is 1. The van der Waals surface area contributed by atoms with Crippen molar-refractivity contribution < 1.29 is 24.6 Å². The molecule has 33 heavy (non-hydrogen) atoms. The average Bonchev–Trinajstić information content (AvgIpc) is 2.79. The summed E-state index contributed by atoms with van der Waals surface area (Å²) in [6.07, 6.45) is 4.75. The number of piperazine rings is 1. The highest BCUT2D eigenvalue weighted by Gasteiger charge is 2.52. The van der Waals surface area contributed by atoms with Gasteiger partial charge in [0.1, 0.15) is 18.4 Å². The number of fused-ring (bicyclic) bond motifs is 1. The Bertz CT molecular complexity index is 889. The number of rotatable bonds is 8. The number of benzene rings is 1. The number of carbonyl (C=O) groups is 3. The van der Waals surface area contributed by atoms with E-state index in [-0.39, 0.29) is 32.1 Å². The van der Waals surface area contributed by atoms with Gasteiger partial charge in [-0.05, 0) is 12.0 Å². The van der Waals surface area contributed by atoms with Crippen LogP contribution in [0.4, 0.5) is 4.79 Å². The number of hydrogen-bond donors (Lipinski definition) is 3. The Hall–Kier alpha value is -3.13. The Kier molecular flexibility index (Phi) is 8.27. The van der Waals surface area contributed by atoms with Crippen LogP contribution in [0.15, 0.2) is 30.3 Å². The molecule has 10 nitrogen and oxygen atoms in total. The van der Waals surface area contributed by atoms with Crippen molar-refractivity contribution in [1.29, 1.82) is 0 Å². The molecule has 1 aromatic rings. The summed E-state index contributed by atoms with van der Waals surface area (Å²) in [5.41, 5.74) is 0.912. The van der Waals surface area contributed by atoms with Crippen molar-refractivity contribution in [1.82, 2.24) is 25.1 Å². The van der Waals surface area contributed by atoms with Crippen molar-refractivity contribution >= 4 is 17.9 Å². The molecular formula is C23H31N5O5. The summed E-state index contributed by atoms with van der Waals surface area (Å²) < 4.78 is 0. The van der Waals surface area contributed by atoms with E-state index in [0.29, 0.717) is 6.54 Å². The highest BCUT2D eigenvalue weighted by molar-refractivity contribution is 5.87. The molecule has 2 saturated heterocycles. The number of aliphatic carboxylic acids is 1. The SMILES string of the molecule is C#CCN1CC(O)N2[C@@H](CC(=O)O)C(=O)N(CCCC)C[C@@H]2N1C(=O)NCc1ccccc1. The van der Waals surface area contributed by atoms with E-state index in [4.69, 9.17) is 6.42 Å². The highest BCUT2D eigenvalue weighted by Crippen LogP contribution is 2.30. The minimum atomic E-state index is -1.15. The second kappa shape index (κ2) is 11.1. The summed E-state index contributed by atoms with van der Waals surface area (Å²) in [5.74, 6) is 1.01. The molecule has 3 N–H and O–H groups in total. The molecule has 3 atom stereocenters. The van der Waals surface area contributed by atoms with Gasteiger partial charge in [0.05, 0.1) is 26.1 Å². The van der Waals surface area contributed by atoms with Gasteiger partial charge in [0.2, 0.25) is 5.91 Å². The van der Waals surface area contributed by atoms with Crippen LogP contribution in [0.5, 0.6) is 0 Å². The summed E-state index contributed by atoms with van der Waals surface area (Å²) in [4.78, 5) is 41.0. The molecule has 10 heteroatoms. The second-order valence-electron chi connectivity index (χ2n) is 8.20. The Labute approximate surface area is 193 Å². The number of terminal acetylenes is 1. The summed E-state index contributed by atoms with van der Waals surface area (Å²) in [5, 5.41) is 26.2. The zero-order chi connectivity index (χ0) is 24.0. The van der Waals surface area contributed by atoms with E-state index in [1.165, 1.54) is 9.91 Å². The minimum absolute atomic E-state index is 0.0299. The molecule has 3 rings (SSSR count). The van der Waals surface area contributed by atoms with Crippen LogP contribution in [0.1, 0.15) is 31.7 Å². The molecule has 2 aliphatic rings. The van der Waals surface area contributed by atoms with Crippen LogP contribution in [0.3, 0.4) is 0 Å². The smallest absolute Gasteiger partial charge is 0.333 e. The lowest BCUT2D eigenvalue weighted by Crippen LogP contribution is -2.77. The molecule has 1 unspecified atom stereocenters. The quantitative estimate of drug-likeness (QED) is 0.487. The van der Waals surface area contributed by atoms with Crippen molar-refractivity contribution in [3.63, 3.8) is 0 Å². The third-order valence-electron chi connectivity index (χ3n) is 5.91. The summed E-state index contributed by atoms with van der Waals surface area (Å²) in [7, 11) is 0. The van der Waals surface area contributed by atoms with Gasteiger partial charge in [-0.3, -0.25) is 9.59 Å². The Morgan fingerprint density at radius 2 is 1.97 bits per heavy atom. The topological polar surface area (TPSA) is 117 Å². The Morgan fingerprint density at radius 3 is 2.61 bits per heavy atom. The van der Waals surface area contributed by atoms with E-state index in [1.54, 1.807) is 9.91 Å². The number of nitrogens with zero attached hydrogens (tertiary/aromatic N) is 4. The molecule has 2 fully saturated rings. The predicted octanol–water partition coefficient (Wildman–Crippen LogP) is 0.494. The Balaban J connectivity index is 1.91. The molecule has 1 aromatic carbocycles. The van der Waals surface area contributed by atoms with Gasteiger partial charge in [0.15, 0.2) is 0 Å². The lowest BCUT2D eigenvalue weighted by atomic mass is 10.0. The maximum absolute atomic E-state index is 13.3. The fourth-order valence-corrected chi connectivity index (χ4v) is 4.37. The first kappa shape index (κ1) is 24.5. The summed E-state index contributed by atoms with van der Waals surface area (Å²) in [6.45, 7) is 2.92. The van der Waals surface area contributed by atoms with Crippen molar-refractivity contribution in [3.05, 3.63) is 35.9 Å². The molecule has 0 bridgehead atoms. The second-order valence-corrected chi connectivity index (χ2v) is 8.20. The van der Waals surface area contributed by atoms with Gasteiger partial charge < -0.3 is 20.4 Å². The van der Waals surface area contributed by atoms with Crippen molar-refractivity contribution in [2.45, 2.75) is 51.2 Å². The normalized spacial score (nSPS) is 23.7. The van der Waals surface area contributed by atoms with Gasteiger partial charge in [0, 0.05) is 13.1 Å². The van der Waals surface area contributed by atoms with E-state index < -0.39 is 36.9 Å². The summed E-state index contributed by atoms with van der Waals surface area (Å²) in [6, 6.07) is 7.90. The first-order chi connectivity index (χ1) is 15.9. The number of hydrogen-bond acceptors (Lipinski definition) is 6. The first-order valence-electron chi connectivity index (χ1n) is 11.1. The van der Waals surface area contributed by atoms with E-state index in [2.05, 4.69) is 11.2 Å². The van der Waals surface area contributed by atoms with Crippen molar-refractivity contribution in [3.8, 4) is 12.3 Å². The van der Waals surface area contributed by atoms with Gasteiger partial charge in [0.25, 0.3) is 0 Å². The predicted molar refractivity (Wildman–Crippen MR) is 120 cm³/mol. The van der Waals surface area contributed by atoms with Crippen molar-refractivity contribution in [2.24, 2.45) is 0 Å². The molecule has 0 aliphatic carbocycles. The van der Waals surface area contributed by atoms with Gasteiger partial charge >= 0.3 is 12.0 Å². The molecule has 3 amide bonds. The van der Waals surface area contributed by atoms with Gasteiger partial charge in [-0.25, -0.2) is 14.7 Å². The number of hydrazine groups is 1. The number of unbranched alkanes of at least 4 members (excludes halogenated alkanes) is 1.